The highest BCUT2D eigenvalue weighted by Gasteiger charge is 2.38. The molecule has 0 bridgehead atoms. The smallest absolute Gasteiger partial charge is 0.339 e. The first-order valence-corrected chi connectivity index (χ1v) is 17.1. The van der Waals surface area contributed by atoms with E-state index in [0.29, 0.717) is 71.4 Å². The molecule has 2 aromatic carbocycles. The number of aromatic nitrogens is 3. The normalized spacial score (nSPS) is 15.8. The van der Waals surface area contributed by atoms with Gasteiger partial charge in [0.05, 0.1) is 47.8 Å². The maximum atomic E-state index is 15.4. The monoisotopic (exact) mass is 684 g/mol. The molecule has 3 heterocycles. The minimum absolute atomic E-state index is 0.172. The molecule has 2 atom stereocenters. The van der Waals surface area contributed by atoms with Crippen molar-refractivity contribution in [3.8, 4) is 28.1 Å². The van der Waals surface area contributed by atoms with Gasteiger partial charge >= 0.3 is 5.97 Å². The summed E-state index contributed by atoms with van der Waals surface area (Å²) in [5, 5.41) is 5.09. The Bertz CT molecular complexity index is 1850. The van der Waals surface area contributed by atoms with Gasteiger partial charge in [0.2, 0.25) is 0 Å². The second-order valence-corrected chi connectivity index (χ2v) is 14.1. The summed E-state index contributed by atoms with van der Waals surface area (Å²) in [7, 11) is 1.36. The topological polar surface area (TPSA) is 87.4 Å². The molecule has 5 rings (SSSR count). The number of rotatable bonds is 13. The molecule has 0 radical (unpaired) electrons. The highest BCUT2D eigenvalue weighted by molar-refractivity contribution is 5.81. The fourth-order valence-corrected chi connectivity index (χ4v) is 6.36. The number of benzene rings is 2. The summed E-state index contributed by atoms with van der Waals surface area (Å²) in [6.45, 7) is 21.0. The third-order valence-electron chi connectivity index (χ3n) is 8.87. The Labute approximate surface area is 294 Å². The molecule has 0 N–H and O–H groups in total. The van der Waals surface area contributed by atoms with Crippen LogP contribution in [0.4, 0.5) is 10.2 Å². The molecule has 4 aromatic rings. The number of aryl methyl sites for hydroxylation is 1. The summed E-state index contributed by atoms with van der Waals surface area (Å²) in [5.41, 5.74) is 3.29. The van der Waals surface area contributed by atoms with Crippen LogP contribution in [0.5, 0.6) is 5.75 Å². The van der Waals surface area contributed by atoms with Crippen LogP contribution < -0.4 is 9.64 Å². The van der Waals surface area contributed by atoms with Crippen LogP contribution in [-0.2, 0) is 19.0 Å². The molecule has 1 aliphatic heterocycles. The lowest BCUT2D eigenvalue weighted by molar-refractivity contribution is -0.164. The van der Waals surface area contributed by atoms with E-state index < -0.39 is 17.7 Å². The third-order valence-corrected chi connectivity index (χ3v) is 8.87. The number of carbonyl (C=O) groups excluding carboxylic acids is 1. The minimum Gasteiger partial charge on any atom is -0.490 e. The molecule has 9 nitrogen and oxygen atoms in total. The lowest BCUT2D eigenvalue weighted by atomic mass is 9.92. The van der Waals surface area contributed by atoms with Crippen LogP contribution in [0.15, 0.2) is 73.8 Å². The number of piperidine rings is 1. The average Bonchev–Trinajstić information content (AvgIpc) is 3.49. The average molecular weight is 685 g/mol. The highest BCUT2D eigenvalue weighted by atomic mass is 19.1. The Morgan fingerprint density at radius 3 is 2.44 bits per heavy atom. The Hall–Kier alpha value is -4.54. The van der Waals surface area contributed by atoms with E-state index in [9.17, 15) is 4.79 Å². The summed E-state index contributed by atoms with van der Waals surface area (Å²) in [6, 6.07) is 14.3. The first-order valence-electron chi connectivity index (χ1n) is 17.1. The minimum atomic E-state index is -1.05. The first-order chi connectivity index (χ1) is 23.8. The molecule has 1 fully saturated rings. The molecule has 2 aromatic heterocycles. The van der Waals surface area contributed by atoms with Crippen LogP contribution in [0.2, 0.25) is 0 Å². The standard InChI is InChI=1S/C40H49FN4O5/c1-10-14-26(3)49-32-18-13-17-30(41)35(32)29-16-12-15-28(24-29)31-25-33-42-27(4)34(36(38(46)47-9)50-39(5,6)7)37(45(33)43-31)44-21-19-40(8,20-22-44)48-23-11-2/h10-13,15-18,24-26,36H,1-2,14,19-23H2,3-9H3/t26?,36-/m0/s1. The second kappa shape index (κ2) is 15.1. The number of halogens is 1. The fourth-order valence-electron chi connectivity index (χ4n) is 6.36. The van der Waals surface area contributed by atoms with Gasteiger partial charge in [-0.25, -0.2) is 14.2 Å². The highest BCUT2D eigenvalue weighted by Crippen LogP contribution is 2.40. The predicted octanol–water partition coefficient (Wildman–Crippen LogP) is 8.44. The lowest BCUT2D eigenvalue weighted by Gasteiger charge is -2.41. The lowest BCUT2D eigenvalue weighted by Crippen LogP contribution is -2.45. The van der Waals surface area contributed by atoms with Gasteiger partial charge in [0.25, 0.3) is 0 Å². The van der Waals surface area contributed by atoms with Crippen molar-refractivity contribution in [2.45, 2.75) is 84.2 Å². The Morgan fingerprint density at radius 1 is 1.08 bits per heavy atom. The summed E-state index contributed by atoms with van der Waals surface area (Å²) >= 11 is 0. The molecule has 1 saturated heterocycles. The molecule has 1 aliphatic rings. The summed E-state index contributed by atoms with van der Waals surface area (Å²) < 4.78 is 41.2. The summed E-state index contributed by atoms with van der Waals surface area (Å²) in [5.74, 6) is 0.262. The molecule has 0 aliphatic carbocycles. The van der Waals surface area contributed by atoms with Crippen LogP contribution >= 0.6 is 0 Å². The molecular weight excluding hydrogens is 635 g/mol. The van der Waals surface area contributed by atoms with Crippen molar-refractivity contribution in [1.82, 2.24) is 14.6 Å². The molecule has 1 unspecified atom stereocenters. The van der Waals surface area contributed by atoms with Gasteiger partial charge in [-0.15, -0.1) is 13.2 Å². The number of hydrogen-bond acceptors (Lipinski definition) is 8. The molecule has 50 heavy (non-hydrogen) atoms. The quantitative estimate of drug-likeness (QED) is 0.102. The van der Waals surface area contributed by atoms with E-state index in [0.717, 1.165) is 18.4 Å². The fraction of sp³-hybridized carbons (Fsp3) is 0.425. The molecule has 266 valence electrons. The first kappa shape index (κ1) is 36.7. The Balaban J connectivity index is 1.65. The molecular formula is C40H49FN4O5. The second-order valence-electron chi connectivity index (χ2n) is 14.1. The van der Waals surface area contributed by atoms with Crippen molar-refractivity contribution in [1.29, 1.82) is 0 Å². The van der Waals surface area contributed by atoms with Gasteiger partial charge in [0.15, 0.2) is 11.8 Å². The maximum absolute atomic E-state index is 15.4. The van der Waals surface area contributed by atoms with Gasteiger partial charge in [-0.1, -0.05) is 36.4 Å². The number of nitrogens with zero attached hydrogens (tertiary/aromatic N) is 4. The van der Waals surface area contributed by atoms with Gasteiger partial charge < -0.3 is 23.8 Å². The van der Waals surface area contributed by atoms with Gasteiger partial charge in [-0.2, -0.15) is 9.61 Å². The van der Waals surface area contributed by atoms with E-state index in [2.05, 4.69) is 25.0 Å². The SMILES string of the molecule is C=CCOC1(C)CCN(c2c([C@H](OC(C)(C)C)C(=O)OC)c(C)nc3cc(-c4cccc(-c5c(F)cccc5OC(C)CC=C)c4)nn23)CC1. The number of ether oxygens (including phenoxy) is 4. The van der Waals surface area contributed by atoms with Crippen molar-refractivity contribution in [2.75, 3.05) is 31.7 Å². The number of methoxy groups -OCH3 is 1. The van der Waals surface area contributed by atoms with Crippen LogP contribution in [-0.4, -0.2) is 64.7 Å². The van der Waals surface area contributed by atoms with E-state index >= 15 is 4.39 Å². The van der Waals surface area contributed by atoms with E-state index in [1.54, 1.807) is 28.8 Å². The molecule has 0 amide bonds. The summed E-state index contributed by atoms with van der Waals surface area (Å²) in [4.78, 5) is 20.5. The number of anilines is 1. The molecule has 0 spiro atoms. The van der Waals surface area contributed by atoms with Gasteiger partial charge in [0.1, 0.15) is 17.4 Å². The number of esters is 1. The van der Waals surface area contributed by atoms with Gasteiger partial charge in [0, 0.05) is 36.8 Å². The van der Waals surface area contributed by atoms with Crippen LogP contribution in [0.25, 0.3) is 28.0 Å². The van der Waals surface area contributed by atoms with Crippen molar-refractivity contribution in [3.63, 3.8) is 0 Å². The number of hydrogen-bond donors (Lipinski definition) is 0. The van der Waals surface area contributed by atoms with Crippen molar-refractivity contribution >= 4 is 17.4 Å². The maximum Gasteiger partial charge on any atom is 0.339 e. The zero-order chi connectivity index (χ0) is 36.2. The van der Waals surface area contributed by atoms with E-state index in [1.165, 1.54) is 13.2 Å². The third kappa shape index (κ3) is 8.08. The number of carbonyl (C=O) groups is 1. The predicted molar refractivity (Wildman–Crippen MR) is 195 cm³/mol. The molecule has 0 saturated carbocycles. The zero-order valence-corrected chi connectivity index (χ0v) is 30.3. The molecule has 10 heteroatoms. The van der Waals surface area contributed by atoms with Crippen molar-refractivity contribution in [2.24, 2.45) is 0 Å². The Kier molecular flexibility index (Phi) is 11.1. The van der Waals surface area contributed by atoms with E-state index in [4.69, 9.17) is 29.0 Å². The van der Waals surface area contributed by atoms with Gasteiger partial charge in [-0.05, 0) is 78.1 Å². The van der Waals surface area contributed by atoms with Crippen LogP contribution in [0, 0.1) is 12.7 Å². The van der Waals surface area contributed by atoms with E-state index in [1.807, 2.05) is 65.0 Å². The summed E-state index contributed by atoms with van der Waals surface area (Å²) in [6.07, 6.45) is 4.46. The Morgan fingerprint density at radius 2 is 1.78 bits per heavy atom. The van der Waals surface area contributed by atoms with Crippen molar-refractivity contribution in [3.05, 3.63) is 90.9 Å². The largest absolute Gasteiger partial charge is 0.490 e. The zero-order valence-electron chi connectivity index (χ0n) is 30.3. The van der Waals surface area contributed by atoms with Crippen molar-refractivity contribution < 1.29 is 28.1 Å². The number of fused-ring (bicyclic) bond motifs is 1. The van der Waals surface area contributed by atoms with Crippen LogP contribution in [0.1, 0.15) is 71.2 Å². The van der Waals surface area contributed by atoms with Crippen LogP contribution in [0.3, 0.4) is 0 Å². The van der Waals surface area contributed by atoms with E-state index in [-0.39, 0.29) is 17.5 Å². The van der Waals surface area contributed by atoms with Gasteiger partial charge in [-0.3, -0.25) is 0 Å².